The monoisotopic (exact) mass is 318 g/mol. The third-order valence-electron chi connectivity index (χ3n) is 3.29. The van der Waals surface area contributed by atoms with Crippen molar-refractivity contribution in [2.75, 3.05) is 19.5 Å². The van der Waals surface area contributed by atoms with Gasteiger partial charge < -0.3 is 15.0 Å². The van der Waals surface area contributed by atoms with Crippen molar-refractivity contribution in [3.8, 4) is 5.75 Å². The fourth-order valence-corrected chi connectivity index (χ4v) is 2.29. The van der Waals surface area contributed by atoms with Crippen molar-refractivity contribution < 1.29 is 9.13 Å². The van der Waals surface area contributed by atoms with Crippen molar-refractivity contribution in [3.05, 3.63) is 59.4 Å². The van der Waals surface area contributed by atoms with Crippen LogP contribution < -0.4 is 10.1 Å². The van der Waals surface area contributed by atoms with E-state index in [9.17, 15) is 4.39 Å². The number of nitrogens with zero attached hydrogens (tertiary/aromatic N) is 1. The van der Waals surface area contributed by atoms with E-state index >= 15 is 0 Å². The third kappa shape index (κ3) is 4.18. The van der Waals surface area contributed by atoms with E-state index in [-0.39, 0.29) is 5.82 Å². The van der Waals surface area contributed by atoms with Crippen LogP contribution in [-0.4, -0.2) is 24.2 Å². The van der Waals surface area contributed by atoms with E-state index < -0.39 is 0 Å². The van der Waals surface area contributed by atoms with E-state index in [1.54, 1.807) is 19.2 Å². The van der Waals surface area contributed by atoms with Gasteiger partial charge in [0.05, 0.1) is 7.11 Å². The van der Waals surface area contributed by atoms with E-state index in [0.29, 0.717) is 11.7 Å². The first-order valence-electron chi connectivity index (χ1n) is 6.91. The fourth-order valence-electron chi connectivity index (χ4n) is 2.11. The quantitative estimate of drug-likeness (QED) is 0.862. The summed E-state index contributed by atoms with van der Waals surface area (Å²) in [7, 11) is 3.56. The number of rotatable bonds is 4. The summed E-state index contributed by atoms with van der Waals surface area (Å²) in [4.78, 5) is 1.91. The van der Waals surface area contributed by atoms with E-state index in [4.69, 9.17) is 17.0 Å². The van der Waals surface area contributed by atoms with E-state index in [1.807, 2.05) is 31.0 Å². The highest BCUT2D eigenvalue weighted by Gasteiger charge is 2.10. The van der Waals surface area contributed by atoms with Crippen LogP contribution in [0.25, 0.3) is 0 Å². The Morgan fingerprint density at radius 1 is 1.23 bits per heavy atom. The highest BCUT2D eigenvalue weighted by atomic mass is 32.1. The SMILES string of the molecule is COc1ccc(C)cc1CN(C)C(=S)Nc1ccc(F)cc1. The number of halogens is 1. The predicted octanol–water partition coefficient (Wildman–Crippen LogP) is 3.97. The standard InChI is InChI=1S/C17H19FN2OS/c1-12-4-9-16(21-3)13(10-12)11-20(2)17(22)19-15-7-5-14(18)6-8-15/h4-10H,11H2,1-3H3,(H,19,22). The Morgan fingerprint density at radius 3 is 2.55 bits per heavy atom. The molecule has 22 heavy (non-hydrogen) atoms. The molecule has 0 bridgehead atoms. The van der Waals surface area contributed by atoms with Crippen LogP contribution in [0.4, 0.5) is 10.1 Å². The number of nitrogens with one attached hydrogen (secondary N) is 1. The van der Waals surface area contributed by atoms with E-state index in [1.165, 1.54) is 17.7 Å². The van der Waals surface area contributed by atoms with Crippen molar-refractivity contribution in [2.24, 2.45) is 0 Å². The van der Waals surface area contributed by atoms with Gasteiger partial charge in [-0.2, -0.15) is 0 Å². The summed E-state index contributed by atoms with van der Waals surface area (Å²) in [5.41, 5.74) is 2.99. The lowest BCUT2D eigenvalue weighted by atomic mass is 10.1. The van der Waals surface area contributed by atoms with Gasteiger partial charge in [-0.25, -0.2) is 4.39 Å². The molecule has 0 saturated heterocycles. The maximum Gasteiger partial charge on any atom is 0.173 e. The molecule has 0 aliphatic rings. The minimum atomic E-state index is -0.269. The number of thiocarbonyl (C=S) groups is 1. The van der Waals surface area contributed by atoms with Crippen LogP contribution >= 0.6 is 12.2 Å². The first-order chi connectivity index (χ1) is 10.5. The average molecular weight is 318 g/mol. The van der Waals surface area contributed by atoms with Crippen LogP contribution in [0.15, 0.2) is 42.5 Å². The lowest BCUT2D eigenvalue weighted by Crippen LogP contribution is -2.30. The Labute approximate surface area is 135 Å². The first kappa shape index (κ1) is 16.2. The van der Waals surface area contributed by atoms with Crippen LogP contribution in [0.2, 0.25) is 0 Å². The van der Waals surface area contributed by atoms with Gasteiger partial charge in [0.25, 0.3) is 0 Å². The van der Waals surface area contributed by atoms with Crippen LogP contribution in [0, 0.1) is 12.7 Å². The molecular weight excluding hydrogens is 299 g/mol. The Balaban J connectivity index is 2.05. The second kappa shape index (κ2) is 7.22. The molecule has 2 rings (SSSR count). The van der Waals surface area contributed by atoms with Crippen LogP contribution in [0.5, 0.6) is 5.75 Å². The molecule has 0 fully saturated rings. The van der Waals surface area contributed by atoms with Gasteiger partial charge in [0.15, 0.2) is 5.11 Å². The summed E-state index contributed by atoms with van der Waals surface area (Å²) in [6, 6.07) is 12.1. The molecule has 0 radical (unpaired) electrons. The zero-order valence-corrected chi connectivity index (χ0v) is 13.7. The molecule has 3 nitrogen and oxygen atoms in total. The average Bonchev–Trinajstić information content (AvgIpc) is 2.49. The Morgan fingerprint density at radius 2 is 1.91 bits per heavy atom. The zero-order valence-electron chi connectivity index (χ0n) is 12.9. The van der Waals surface area contributed by atoms with Gasteiger partial charge in [-0.1, -0.05) is 17.7 Å². The maximum atomic E-state index is 12.9. The van der Waals surface area contributed by atoms with Crippen molar-refractivity contribution in [1.82, 2.24) is 4.90 Å². The van der Waals surface area contributed by atoms with Gasteiger partial charge in [-0.15, -0.1) is 0 Å². The highest BCUT2D eigenvalue weighted by Crippen LogP contribution is 2.21. The molecule has 1 N–H and O–H groups in total. The molecule has 2 aromatic carbocycles. The number of hydrogen-bond acceptors (Lipinski definition) is 2. The summed E-state index contributed by atoms with van der Waals surface area (Å²) < 4.78 is 18.3. The number of anilines is 1. The summed E-state index contributed by atoms with van der Waals surface area (Å²) in [6.07, 6.45) is 0. The molecule has 116 valence electrons. The third-order valence-corrected chi connectivity index (χ3v) is 3.70. The van der Waals surface area contributed by atoms with Gasteiger partial charge in [0.2, 0.25) is 0 Å². The molecule has 0 unspecified atom stereocenters. The highest BCUT2D eigenvalue weighted by molar-refractivity contribution is 7.80. The van der Waals surface area contributed by atoms with Crippen molar-refractivity contribution >= 4 is 23.0 Å². The van der Waals surface area contributed by atoms with Gasteiger partial charge in [-0.3, -0.25) is 0 Å². The molecule has 2 aromatic rings. The van der Waals surface area contributed by atoms with Gasteiger partial charge in [0.1, 0.15) is 11.6 Å². The Bertz CT molecular complexity index is 658. The van der Waals surface area contributed by atoms with Crippen LogP contribution in [-0.2, 0) is 6.54 Å². The summed E-state index contributed by atoms with van der Waals surface area (Å²) in [6.45, 7) is 2.66. The lowest BCUT2D eigenvalue weighted by Gasteiger charge is -2.22. The Hall–Kier alpha value is -2.14. The van der Waals surface area contributed by atoms with Crippen LogP contribution in [0.1, 0.15) is 11.1 Å². The normalized spacial score (nSPS) is 10.2. The molecule has 0 aromatic heterocycles. The molecule has 0 aliphatic carbocycles. The molecule has 0 saturated carbocycles. The number of methoxy groups -OCH3 is 1. The maximum absolute atomic E-state index is 12.9. The van der Waals surface area contributed by atoms with Gasteiger partial charge >= 0.3 is 0 Å². The molecule has 0 heterocycles. The largest absolute Gasteiger partial charge is 0.496 e. The molecule has 0 aliphatic heterocycles. The predicted molar refractivity (Wildman–Crippen MR) is 91.8 cm³/mol. The van der Waals surface area contributed by atoms with E-state index in [0.717, 1.165) is 17.0 Å². The van der Waals surface area contributed by atoms with Crippen molar-refractivity contribution in [1.29, 1.82) is 0 Å². The number of ether oxygens (including phenoxy) is 1. The minimum absolute atomic E-state index is 0.269. The topological polar surface area (TPSA) is 24.5 Å². The van der Waals surface area contributed by atoms with E-state index in [2.05, 4.69) is 11.4 Å². The summed E-state index contributed by atoms with van der Waals surface area (Å²) >= 11 is 5.38. The van der Waals surface area contributed by atoms with Crippen LogP contribution in [0.3, 0.4) is 0 Å². The minimum Gasteiger partial charge on any atom is -0.496 e. The Kier molecular flexibility index (Phi) is 5.33. The second-order valence-electron chi connectivity index (χ2n) is 5.11. The number of aryl methyl sites for hydroxylation is 1. The zero-order chi connectivity index (χ0) is 16.1. The summed E-state index contributed by atoms with van der Waals surface area (Å²) in [5.74, 6) is 0.566. The molecule has 0 atom stereocenters. The first-order valence-corrected chi connectivity index (χ1v) is 7.31. The fraction of sp³-hybridized carbons (Fsp3) is 0.235. The smallest absolute Gasteiger partial charge is 0.173 e. The van der Waals surface area contributed by atoms with Crippen molar-refractivity contribution in [2.45, 2.75) is 13.5 Å². The second-order valence-corrected chi connectivity index (χ2v) is 5.50. The summed E-state index contributed by atoms with van der Waals surface area (Å²) in [5, 5.41) is 3.66. The molecule has 0 amide bonds. The van der Waals surface area contributed by atoms with Gasteiger partial charge in [0, 0.05) is 24.8 Å². The number of hydrogen-bond donors (Lipinski definition) is 1. The lowest BCUT2D eigenvalue weighted by molar-refractivity contribution is 0.399. The molecule has 0 spiro atoms. The molecular formula is C17H19FN2OS. The van der Waals surface area contributed by atoms with Gasteiger partial charge in [-0.05, 0) is 49.5 Å². The molecule has 5 heteroatoms. The van der Waals surface area contributed by atoms with Crippen molar-refractivity contribution in [3.63, 3.8) is 0 Å². The number of benzene rings is 2.